The molecule has 0 radical (unpaired) electrons. The maximum atomic E-state index is 12.6. The van der Waals surface area contributed by atoms with Gasteiger partial charge in [0.1, 0.15) is 0 Å². The van der Waals surface area contributed by atoms with Crippen molar-refractivity contribution in [3.05, 3.63) is 76.0 Å². The molecule has 6 nitrogen and oxygen atoms in total. The van der Waals surface area contributed by atoms with E-state index in [0.717, 1.165) is 0 Å². The number of nitrogens with one attached hydrogen (secondary N) is 2. The van der Waals surface area contributed by atoms with Gasteiger partial charge in [-0.3, -0.25) is 14.3 Å². The van der Waals surface area contributed by atoms with Crippen LogP contribution in [0.25, 0.3) is 0 Å². The summed E-state index contributed by atoms with van der Waals surface area (Å²) >= 11 is 12.1. The van der Waals surface area contributed by atoms with Gasteiger partial charge in [-0.15, -0.1) is 0 Å². The number of benzene rings is 2. The molecule has 0 unspecified atom stereocenters. The molecule has 8 heteroatoms. The second-order valence-electron chi connectivity index (χ2n) is 5.62. The quantitative estimate of drug-likeness (QED) is 0.648. The first-order valence-corrected chi connectivity index (χ1v) is 8.94. The Hall–Kier alpha value is -2.83. The van der Waals surface area contributed by atoms with Crippen molar-refractivity contribution in [1.82, 2.24) is 9.78 Å². The highest BCUT2D eigenvalue weighted by Crippen LogP contribution is 2.26. The number of aryl methyl sites for hydroxylation is 1. The monoisotopic (exact) mass is 402 g/mol. The van der Waals surface area contributed by atoms with E-state index in [1.165, 1.54) is 0 Å². The minimum Gasteiger partial charge on any atom is -0.321 e. The number of amides is 2. The largest absolute Gasteiger partial charge is 0.321 e. The first-order valence-electron chi connectivity index (χ1n) is 8.18. The number of carbonyl (C=O) groups is 2. The predicted octanol–water partition coefficient (Wildman–Crippen LogP) is 4.71. The first kappa shape index (κ1) is 18.9. The number of halogens is 2. The van der Waals surface area contributed by atoms with Gasteiger partial charge in [-0.25, -0.2) is 0 Å². The molecule has 138 valence electrons. The molecular formula is C19H16Cl2N4O2. The molecule has 0 saturated heterocycles. The molecule has 0 aliphatic rings. The van der Waals surface area contributed by atoms with Crippen molar-refractivity contribution in [3.8, 4) is 0 Å². The van der Waals surface area contributed by atoms with E-state index >= 15 is 0 Å². The zero-order chi connectivity index (χ0) is 19.4. The highest BCUT2D eigenvalue weighted by Gasteiger charge is 2.20. The lowest BCUT2D eigenvalue weighted by Gasteiger charge is -2.08. The molecule has 1 aromatic heterocycles. The van der Waals surface area contributed by atoms with Gasteiger partial charge in [-0.05, 0) is 31.2 Å². The van der Waals surface area contributed by atoms with Crippen molar-refractivity contribution in [1.29, 1.82) is 0 Å². The van der Waals surface area contributed by atoms with Gasteiger partial charge in [0, 0.05) is 18.4 Å². The molecule has 0 spiro atoms. The molecule has 3 aromatic rings. The maximum absolute atomic E-state index is 12.6. The summed E-state index contributed by atoms with van der Waals surface area (Å²) in [6.45, 7) is 2.42. The Morgan fingerprint density at radius 1 is 1.00 bits per heavy atom. The molecule has 2 N–H and O–H groups in total. The van der Waals surface area contributed by atoms with Crippen molar-refractivity contribution in [2.24, 2.45) is 0 Å². The fourth-order valence-corrected chi connectivity index (χ4v) is 2.81. The average Bonchev–Trinajstić information content (AvgIpc) is 3.07. The molecule has 0 fully saturated rings. The molecule has 1 heterocycles. The number of aromatic nitrogens is 2. The van der Waals surface area contributed by atoms with E-state index in [1.54, 1.807) is 41.2 Å². The number of nitrogens with zero attached hydrogens (tertiary/aromatic N) is 2. The molecule has 0 bridgehead atoms. The minimum atomic E-state index is -0.480. The Bertz CT molecular complexity index is 987. The Morgan fingerprint density at radius 3 is 2.44 bits per heavy atom. The van der Waals surface area contributed by atoms with Gasteiger partial charge < -0.3 is 10.6 Å². The maximum Gasteiger partial charge on any atom is 0.278 e. The van der Waals surface area contributed by atoms with E-state index in [9.17, 15) is 9.59 Å². The summed E-state index contributed by atoms with van der Waals surface area (Å²) in [4.78, 5) is 25.2. The van der Waals surface area contributed by atoms with Crippen LogP contribution in [0.4, 0.5) is 11.4 Å². The lowest BCUT2D eigenvalue weighted by atomic mass is 10.2. The van der Waals surface area contributed by atoms with Crippen LogP contribution in [-0.2, 0) is 6.54 Å². The van der Waals surface area contributed by atoms with Crippen LogP contribution in [0, 0.1) is 0 Å². The third-order valence-electron chi connectivity index (χ3n) is 3.78. The zero-order valence-corrected chi connectivity index (χ0v) is 15.9. The van der Waals surface area contributed by atoms with Crippen molar-refractivity contribution >= 4 is 46.4 Å². The summed E-state index contributed by atoms with van der Waals surface area (Å²) in [5, 5.41) is 10.1. The van der Waals surface area contributed by atoms with Gasteiger partial charge in [-0.1, -0.05) is 47.5 Å². The second-order valence-corrected chi connectivity index (χ2v) is 6.41. The summed E-state index contributed by atoms with van der Waals surface area (Å²) in [7, 11) is 0. The Labute approximate surface area is 166 Å². The number of anilines is 2. The molecule has 3 rings (SSSR count). The lowest BCUT2D eigenvalue weighted by Crippen LogP contribution is -2.18. The van der Waals surface area contributed by atoms with E-state index in [-0.39, 0.29) is 27.0 Å². The van der Waals surface area contributed by atoms with Crippen LogP contribution in [0.15, 0.2) is 54.7 Å². The topological polar surface area (TPSA) is 76.0 Å². The lowest BCUT2D eigenvalue weighted by molar-refractivity contribution is 0.102. The van der Waals surface area contributed by atoms with E-state index in [2.05, 4.69) is 15.7 Å². The molecule has 0 atom stereocenters. The van der Waals surface area contributed by atoms with Crippen molar-refractivity contribution in [3.63, 3.8) is 0 Å². The van der Waals surface area contributed by atoms with Crippen molar-refractivity contribution in [2.75, 3.05) is 10.6 Å². The van der Waals surface area contributed by atoms with Crippen LogP contribution in [-0.4, -0.2) is 21.6 Å². The Morgan fingerprint density at radius 2 is 1.74 bits per heavy atom. The van der Waals surface area contributed by atoms with Gasteiger partial charge in [0.25, 0.3) is 11.8 Å². The van der Waals surface area contributed by atoms with Gasteiger partial charge in [0.2, 0.25) is 0 Å². The summed E-state index contributed by atoms with van der Waals surface area (Å²) in [5.41, 5.74) is 1.23. The second kappa shape index (κ2) is 8.24. The number of para-hydroxylation sites is 1. The van der Waals surface area contributed by atoms with E-state index in [4.69, 9.17) is 23.2 Å². The zero-order valence-electron chi connectivity index (χ0n) is 14.4. The molecule has 0 saturated carbocycles. The molecule has 0 aliphatic carbocycles. The van der Waals surface area contributed by atoms with Crippen LogP contribution >= 0.6 is 23.2 Å². The van der Waals surface area contributed by atoms with Crippen LogP contribution in [0.5, 0.6) is 0 Å². The summed E-state index contributed by atoms with van der Waals surface area (Å²) in [6, 6.07) is 13.8. The van der Waals surface area contributed by atoms with Gasteiger partial charge in [0.15, 0.2) is 5.69 Å². The number of hydrogen-bond acceptors (Lipinski definition) is 3. The molecule has 2 aromatic carbocycles. The minimum absolute atomic E-state index is 0.104. The van der Waals surface area contributed by atoms with Gasteiger partial charge in [-0.2, -0.15) is 5.10 Å². The SMILES string of the molecule is CCn1cc(NC(=O)c2cccc(Cl)c2Cl)c(C(=O)Nc2ccccc2)n1. The van der Waals surface area contributed by atoms with Gasteiger partial charge in [0.05, 0.1) is 21.3 Å². The van der Waals surface area contributed by atoms with Gasteiger partial charge >= 0.3 is 0 Å². The molecule has 0 aliphatic heterocycles. The average molecular weight is 403 g/mol. The highest BCUT2D eigenvalue weighted by atomic mass is 35.5. The van der Waals surface area contributed by atoms with Crippen LogP contribution < -0.4 is 10.6 Å². The predicted molar refractivity (Wildman–Crippen MR) is 107 cm³/mol. The fraction of sp³-hybridized carbons (Fsp3) is 0.105. The fourth-order valence-electron chi connectivity index (χ4n) is 2.42. The van der Waals surface area contributed by atoms with Crippen LogP contribution in [0.3, 0.4) is 0 Å². The third-order valence-corrected chi connectivity index (χ3v) is 4.60. The summed E-state index contributed by atoms with van der Waals surface area (Å²) in [6.07, 6.45) is 1.59. The van der Waals surface area contributed by atoms with E-state index < -0.39 is 11.8 Å². The Kier molecular flexibility index (Phi) is 5.78. The van der Waals surface area contributed by atoms with Crippen molar-refractivity contribution in [2.45, 2.75) is 13.5 Å². The van der Waals surface area contributed by atoms with E-state index in [1.807, 2.05) is 25.1 Å². The summed E-state index contributed by atoms with van der Waals surface area (Å²) < 4.78 is 1.56. The molecule has 27 heavy (non-hydrogen) atoms. The van der Waals surface area contributed by atoms with Crippen molar-refractivity contribution < 1.29 is 9.59 Å². The number of rotatable bonds is 5. The summed E-state index contributed by atoms with van der Waals surface area (Å²) in [5.74, 6) is -0.909. The number of carbonyl (C=O) groups excluding carboxylic acids is 2. The first-order chi connectivity index (χ1) is 13.0. The smallest absolute Gasteiger partial charge is 0.278 e. The third kappa shape index (κ3) is 4.30. The standard InChI is InChI=1S/C19H16Cl2N4O2/c1-2-25-11-15(23-18(26)13-9-6-10-14(20)16(13)21)17(24-25)19(27)22-12-7-4-3-5-8-12/h3-11H,2H2,1H3,(H,22,27)(H,23,26). The molecular weight excluding hydrogens is 387 g/mol. The highest BCUT2D eigenvalue weighted by molar-refractivity contribution is 6.44. The molecule has 2 amide bonds. The normalized spacial score (nSPS) is 10.5. The number of hydrogen-bond donors (Lipinski definition) is 2. The Balaban J connectivity index is 1.87. The van der Waals surface area contributed by atoms with Crippen LogP contribution in [0.1, 0.15) is 27.8 Å². The van der Waals surface area contributed by atoms with E-state index in [0.29, 0.717) is 12.2 Å². The van der Waals surface area contributed by atoms with Crippen LogP contribution in [0.2, 0.25) is 10.0 Å².